The Labute approximate surface area is 173 Å². The van der Waals surface area contributed by atoms with E-state index in [0.29, 0.717) is 18.8 Å². The topological polar surface area (TPSA) is 62.1 Å². The summed E-state index contributed by atoms with van der Waals surface area (Å²) in [5, 5.41) is 0. The van der Waals surface area contributed by atoms with E-state index in [4.69, 9.17) is 0 Å². The smallest absolute Gasteiger partial charge is 0.243 e. The standard InChI is InChI=1S/C22H29N3O3S/c1-18-8-4-6-10-20(18)16-23-12-14-24(15-13-23)22(26)17-25(29(3,27)28)21-11-7-5-9-19(21)2/h4-11H,12-17H2,1-3H3/p+1. The van der Waals surface area contributed by atoms with Crippen LogP contribution in [0.2, 0.25) is 0 Å². The maximum Gasteiger partial charge on any atom is 0.243 e. The van der Waals surface area contributed by atoms with Gasteiger partial charge in [-0.25, -0.2) is 8.42 Å². The van der Waals surface area contributed by atoms with Gasteiger partial charge in [-0.15, -0.1) is 0 Å². The first kappa shape index (κ1) is 21.3. The lowest BCUT2D eigenvalue weighted by Gasteiger charge is -2.34. The van der Waals surface area contributed by atoms with Crippen LogP contribution >= 0.6 is 0 Å². The fourth-order valence-electron chi connectivity index (χ4n) is 3.77. The number of carbonyl (C=O) groups is 1. The molecule has 0 radical (unpaired) electrons. The summed E-state index contributed by atoms with van der Waals surface area (Å²) < 4.78 is 25.9. The fraction of sp³-hybridized carbons (Fsp3) is 0.409. The summed E-state index contributed by atoms with van der Waals surface area (Å²) in [6.07, 6.45) is 1.15. The minimum absolute atomic E-state index is 0.145. The van der Waals surface area contributed by atoms with Crippen LogP contribution in [0.15, 0.2) is 48.5 Å². The summed E-state index contributed by atoms with van der Waals surface area (Å²) in [5.74, 6) is -0.145. The van der Waals surface area contributed by atoms with Gasteiger partial charge in [0.2, 0.25) is 15.9 Å². The number of piperazine rings is 1. The molecule has 3 rings (SSSR count). The molecule has 0 atom stereocenters. The third-order valence-corrected chi connectivity index (χ3v) is 6.71. The first-order valence-electron chi connectivity index (χ1n) is 9.95. The lowest BCUT2D eigenvalue weighted by molar-refractivity contribution is -0.917. The summed E-state index contributed by atoms with van der Waals surface area (Å²) in [6.45, 7) is 7.79. The Bertz CT molecular complexity index is 967. The van der Waals surface area contributed by atoms with E-state index in [1.165, 1.54) is 20.3 Å². The zero-order valence-electron chi connectivity index (χ0n) is 17.4. The van der Waals surface area contributed by atoms with Crippen LogP contribution in [0.1, 0.15) is 16.7 Å². The summed E-state index contributed by atoms with van der Waals surface area (Å²) in [6, 6.07) is 15.6. The van der Waals surface area contributed by atoms with Crippen LogP contribution in [0.5, 0.6) is 0 Å². The average molecular weight is 417 g/mol. The molecule has 0 saturated carbocycles. The Balaban J connectivity index is 1.62. The van der Waals surface area contributed by atoms with Crippen molar-refractivity contribution < 1.29 is 18.1 Å². The van der Waals surface area contributed by atoms with Crippen molar-refractivity contribution in [2.45, 2.75) is 20.4 Å². The van der Waals surface area contributed by atoms with Gasteiger partial charge in [-0.3, -0.25) is 9.10 Å². The first-order valence-corrected chi connectivity index (χ1v) is 11.8. The number of anilines is 1. The fourth-order valence-corrected chi connectivity index (χ4v) is 4.68. The lowest BCUT2D eigenvalue weighted by Crippen LogP contribution is -3.13. The molecule has 29 heavy (non-hydrogen) atoms. The molecule has 0 bridgehead atoms. The largest absolute Gasteiger partial charge is 0.330 e. The van der Waals surface area contributed by atoms with Gasteiger partial charge < -0.3 is 9.80 Å². The molecule has 0 aliphatic carbocycles. The minimum atomic E-state index is -3.55. The van der Waals surface area contributed by atoms with Gasteiger partial charge >= 0.3 is 0 Å². The highest BCUT2D eigenvalue weighted by molar-refractivity contribution is 7.92. The molecule has 1 aliphatic rings. The van der Waals surface area contributed by atoms with Crippen molar-refractivity contribution in [2.24, 2.45) is 0 Å². The third-order valence-electron chi connectivity index (χ3n) is 5.59. The average Bonchev–Trinajstić information content (AvgIpc) is 2.68. The van der Waals surface area contributed by atoms with Gasteiger partial charge in [0.05, 0.1) is 38.1 Å². The number of hydrogen-bond acceptors (Lipinski definition) is 3. The molecule has 156 valence electrons. The quantitative estimate of drug-likeness (QED) is 0.764. The zero-order valence-corrected chi connectivity index (χ0v) is 18.2. The SMILES string of the molecule is Cc1ccccc1C[NH+]1CCN(C(=O)CN(c2ccccc2C)S(C)(=O)=O)CC1. The van der Waals surface area contributed by atoms with E-state index in [0.717, 1.165) is 31.5 Å². The lowest BCUT2D eigenvalue weighted by atomic mass is 10.1. The van der Waals surface area contributed by atoms with E-state index in [-0.39, 0.29) is 12.5 Å². The molecule has 1 fully saturated rings. The zero-order chi connectivity index (χ0) is 21.0. The second-order valence-electron chi connectivity index (χ2n) is 7.79. The number of nitrogens with zero attached hydrogens (tertiary/aromatic N) is 2. The van der Waals surface area contributed by atoms with Crippen molar-refractivity contribution in [3.8, 4) is 0 Å². The predicted octanol–water partition coefficient (Wildman–Crippen LogP) is 0.997. The number of benzene rings is 2. The number of hydrogen-bond donors (Lipinski definition) is 1. The highest BCUT2D eigenvalue weighted by Gasteiger charge is 2.28. The molecule has 1 amide bonds. The molecule has 1 aliphatic heterocycles. The van der Waals surface area contributed by atoms with Gasteiger partial charge in [-0.2, -0.15) is 0 Å². The number of para-hydroxylation sites is 1. The molecule has 1 heterocycles. The van der Waals surface area contributed by atoms with Gasteiger partial charge in [0.15, 0.2) is 0 Å². The van der Waals surface area contributed by atoms with Crippen molar-refractivity contribution in [3.63, 3.8) is 0 Å². The second-order valence-corrected chi connectivity index (χ2v) is 9.70. The normalized spacial score (nSPS) is 15.3. The Hall–Kier alpha value is -2.38. The first-order chi connectivity index (χ1) is 13.8. The van der Waals surface area contributed by atoms with Crippen molar-refractivity contribution in [1.29, 1.82) is 0 Å². The molecule has 0 unspecified atom stereocenters. The summed E-state index contributed by atoms with van der Waals surface area (Å²) in [4.78, 5) is 16.1. The number of nitrogens with one attached hydrogen (secondary N) is 1. The molecule has 0 spiro atoms. The van der Waals surface area contributed by atoms with Gasteiger partial charge in [-0.05, 0) is 31.0 Å². The molecule has 6 nitrogen and oxygen atoms in total. The molecule has 7 heteroatoms. The number of amides is 1. The van der Waals surface area contributed by atoms with Crippen molar-refractivity contribution in [3.05, 3.63) is 65.2 Å². The van der Waals surface area contributed by atoms with Crippen LogP contribution in [0.25, 0.3) is 0 Å². The number of carbonyl (C=O) groups excluding carboxylic acids is 1. The summed E-state index contributed by atoms with van der Waals surface area (Å²) in [5.41, 5.74) is 4.02. The third kappa shape index (κ3) is 5.36. The van der Waals surface area contributed by atoms with Gasteiger partial charge in [0.25, 0.3) is 0 Å². The molecular weight excluding hydrogens is 386 g/mol. The maximum absolute atomic E-state index is 12.9. The van der Waals surface area contributed by atoms with Gasteiger partial charge in [-0.1, -0.05) is 42.5 Å². The van der Waals surface area contributed by atoms with E-state index in [9.17, 15) is 13.2 Å². The Morgan fingerprint density at radius 3 is 2.17 bits per heavy atom. The van der Waals surface area contributed by atoms with Crippen LogP contribution in [0, 0.1) is 13.8 Å². The molecule has 2 aromatic rings. The Kier molecular flexibility index (Phi) is 6.59. The predicted molar refractivity (Wildman–Crippen MR) is 116 cm³/mol. The van der Waals surface area contributed by atoms with E-state index in [1.807, 2.05) is 25.1 Å². The number of quaternary nitrogens is 1. The maximum atomic E-state index is 12.9. The number of rotatable bonds is 6. The molecule has 0 aromatic heterocycles. The van der Waals surface area contributed by atoms with E-state index in [1.54, 1.807) is 17.0 Å². The highest BCUT2D eigenvalue weighted by Crippen LogP contribution is 2.22. The van der Waals surface area contributed by atoms with Crippen molar-refractivity contribution in [2.75, 3.05) is 43.3 Å². The van der Waals surface area contributed by atoms with Crippen LogP contribution in [-0.4, -0.2) is 58.2 Å². The van der Waals surface area contributed by atoms with E-state index in [2.05, 4.69) is 25.1 Å². The highest BCUT2D eigenvalue weighted by atomic mass is 32.2. The monoisotopic (exact) mass is 416 g/mol. The van der Waals surface area contributed by atoms with Crippen LogP contribution in [0.3, 0.4) is 0 Å². The molecular formula is C22H30N3O3S+. The number of sulfonamides is 1. The van der Waals surface area contributed by atoms with Gasteiger partial charge in [0, 0.05) is 5.56 Å². The Morgan fingerprint density at radius 1 is 1.00 bits per heavy atom. The molecule has 2 aromatic carbocycles. The van der Waals surface area contributed by atoms with E-state index < -0.39 is 10.0 Å². The van der Waals surface area contributed by atoms with Crippen molar-refractivity contribution in [1.82, 2.24) is 4.90 Å². The molecule has 1 N–H and O–H groups in total. The van der Waals surface area contributed by atoms with Crippen molar-refractivity contribution >= 4 is 21.6 Å². The second kappa shape index (κ2) is 8.97. The number of aryl methyl sites for hydroxylation is 2. The summed E-state index contributed by atoms with van der Waals surface area (Å²) in [7, 11) is -3.55. The van der Waals surface area contributed by atoms with Gasteiger partial charge in [0.1, 0.15) is 13.1 Å². The summed E-state index contributed by atoms with van der Waals surface area (Å²) >= 11 is 0. The van der Waals surface area contributed by atoms with Crippen LogP contribution < -0.4 is 9.21 Å². The molecule has 1 saturated heterocycles. The van der Waals surface area contributed by atoms with Crippen LogP contribution in [-0.2, 0) is 21.4 Å². The Morgan fingerprint density at radius 2 is 1.59 bits per heavy atom. The van der Waals surface area contributed by atoms with E-state index >= 15 is 0 Å². The van der Waals surface area contributed by atoms with Crippen LogP contribution in [0.4, 0.5) is 5.69 Å². The minimum Gasteiger partial charge on any atom is -0.330 e.